The van der Waals surface area contributed by atoms with Crippen LogP contribution in [0, 0.1) is 0 Å². The number of carbonyl (C=O) groups is 19. The molecule has 0 spiro atoms. The lowest BCUT2D eigenvalue weighted by atomic mass is 9.86. The van der Waals surface area contributed by atoms with Gasteiger partial charge in [0.05, 0.1) is 44.5 Å². The van der Waals surface area contributed by atoms with Crippen LogP contribution >= 0.6 is 0 Å². The number of methoxy groups -OCH3 is 1. The molecule has 133 heavy (non-hydrogen) atoms. The van der Waals surface area contributed by atoms with Crippen LogP contribution in [0.3, 0.4) is 0 Å². The highest BCUT2D eigenvalue weighted by molar-refractivity contribution is 6.21. The van der Waals surface area contributed by atoms with Gasteiger partial charge in [-0.1, -0.05) is 48.5 Å². The number of carbonyl (C=O) groups excluding carboxylic acids is 19. The van der Waals surface area contributed by atoms with Crippen molar-refractivity contribution in [3.63, 3.8) is 0 Å². The first-order chi connectivity index (χ1) is 62.8. The number of allylic oxidation sites excluding steroid dienone is 1. The predicted octanol–water partition coefficient (Wildman–Crippen LogP) is 1.28. The lowest BCUT2D eigenvalue weighted by molar-refractivity contribution is -0.389. The van der Waals surface area contributed by atoms with Crippen LogP contribution in [0.4, 0.5) is 0 Å². The zero-order valence-corrected chi connectivity index (χ0v) is 75.8. The van der Waals surface area contributed by atoms with Crippen LogP contribution in [-0.2, 0) is 211 Å². The highest BCUT2D eigenvalue weighted by Gasteiger charge is 2.67. The van der Waals surface area contributed by atoms with Crippen LogP contribution < -0.4 is 0 Å². The van der Waals surface area contributed by atoms with Crippen LogP contribution in [0.25, 0.3) is 0 Å². The molecule has 0 bridgehead atoms. The van der Waals surface area contributed by atoms with Gasteiger partial charge in [0.2, 0.25) is 11.8 Å². The third kappa shape index (κ3) is 28.6. The smallest absolute Gasteiger partial charge is 0.366 e. The van der Waals surface area contributed by atoms with E-state index in [0.29, 0.717) is 10.5 Å². The number of unbranched alkanes of at least 4 members (excludes halogenated alkanes) is 1. The second kappa shape index (κ2) is 48.6. The zero-order chi connectivity index (χ0) is 98.3. The molecular weight excluding hydrogens is 1780 g/mol. The van der Waals surface area contributed by atoms with E-state index in [1.807, 2.05) is 0 Å². The maximum atomic E-state index is 15.6. The lowest BCUT2D eigenvalue weighted by Gasteiger charge is -2.53. The molecule has 0 radical (unpaired) electrons. The molecule has 0 aliphatic carbocycles. The summed E-state index contributed by atoms with van der Waals surface area (Å²) >= 11 is 0. The van der Waals surface area contributed by atoms with Crippen LogP contribution in [0.2, 0.25) is 0 Å². The molecule has 8 rings (SSSR count). The molecule has 6 aliphatic heterocycles. The summed E-state index contributed by atoms with van der Waals surface area (Å²) in [5, 5.41) is 0. The molecule has 732 valence electrons. The van der Waals surface area contributed by atoms with E-state index in [2.05, 4.69) is 6.58 Å². The number of ether oxygens (including phenoxy) is 26. The maximum absolute atomic E-state index is 15.6. The Balaban J connectivity index is 1.42. The molecule has 0 aromatic heterocycles. The maximum Gasteiger partial charge on any atom is 0.366 e. The number of amides is 4. The minimum absolute atomic E-state index is 0.141. The van der Waals surface area contributed by atoms with Crippen molar-refractivity contribution in [3.8, 4) is 0 Å². The van der Waals surface area contributed by atoms with E-state index in [1.54, 1.807) is 30.3 Å². The number of imide groups is 2. The summed E-state index contributed by atoms with van der Waals surface area (Å²) in [7, 11) is 0.749. The molecule has 0 N–H and O–H groups in total. The second-order valence-electron chi connectivity index (χ2n) is 30.9. The fourth-order valence-corrected chi connectivity index (χ4v) is 15.8. The number of rotatable bonds is 40. The van der Waals surface area contributed by atoms with Crippen molar-refractivity contribution >= 4 is 113 Å². The van der Waals surface area contributed by atoms with Crippen molar-refractivity contribution in [2.45, 2.75) is 296 Å². The van der Waals surface area contributed by atoms with Crippen molar-refractivity contribution in [1.29, 1.82) is 0 Å². The highest BCUT2D eigenvalue weighted by Crippen LogP contribution is 2.46. The molecule has 4 amide bonds. The van der Waals surface area contributed by atoms with Gasteiger partial charge in [-0.25, -0.2) is 4.79 Å². The molecule has 47 heteroatoms. The van der Waals surface area contributed by atoms with Crippen molar-refractivity contribution < 1.29 is 214 Å². The minimum atomic E-state index is -3.48. The normalized spacial score (nSPS) is 29.2. The molecule has 2 aromatic rings. The Bertz CT molecular complexity index is 4530. The third-order valence-electron chi connectivity index (χ3n) is 20.5. The fourth-order valence-electron chi connectivity index (χ4n) is 15.8. The van der Waals surface area contributed by atoms with Crippen molar-refractivity contribution in [2.24, 2.45) is 0 Å². The molecule has 6 aliphatic rings. The Hall–Kier alpha value is -11.9. The Morgan fingerprint density at radius 1 is 0.436 bits per heavy atom. The SMILES string of the molecule is C=CCCCOC1OC(COC2OC(COC(C)=O)C(OC3OC(COC(C)=O)C(OC(C)=O)C(OC(C)=O)C3OC(C)=O)C(OC(C)=O)C2OC(C)=O)C(OC2OC(COC(C)=O)C(OC(C)=O)C(OC3(C(=O)OC)CC(OC(C)=O)C(N(C(C)=O)C(C)=O)C([C@H](OC(C)=O)[C@@H](COC(C)=O)OC(C)=O)O3)C2OC(C)=O)C(OCc2ccccc2)C1N1C(=O)c2ccccc2C1=O. The monoisotopic (exact) mass is 1890 g/mol. The average molecular weight is 1890 g/mol. The Labute approximate surface area is 760 Å². The average Bonchev–Trinajstić information content (AvgIpc) is 1.25. The van der Waals surface area contributed by atoms with E-state index < -0.39 is 318 Å². The summed E-state index contributed by atoms with van der Waals surface area (Å²) in [6.07, 6.45) is -49.1. The van der Waals surface area contributed by atoms with Crippen LogP contribution in [-0.4, -0.2) is 329 Å². The first kappa shape index (κ1) is 106. The Morgan fingerprint density at radius 2 is 0.842 bits per heavy atom. The molecule has 5 fully saturated rings. The third-order valence-corrected chi connectivity index (χ3v) is 20.5. The summed E-state index contributed by atoms with van der Waals surface area (Å²) in [6.45, 7) is 12.1. The topological polar surface area (TPSA) is 571 Å². The lowest BCUT2D eigenvalue weighted by Crippen LogP contribution is -2.73. The molecule has 5 saturated heterocycles. The van der Waals surface area contributed by atoms with E-state index in [9.17, 15) is 76.7 Å². The summed E-state index contributed by atoms with van der Waals surface area (Å²) in [6, 6.07) is 9.52. The van der Waals surface area contributed by atoms with Crippen molar-refractivity contribution in [2.75, 3.05) is 46.8 Å². The first-order valence-corrected chi connectivity index (χ1v) is 41.7. The molecule has 6 heterocycles. The van der Waals surface area contributed by atoms with Gasteiger partial charge in [0.25, 0.3) is 17.6 Å². The van der Waals surface area contributed by atoms with E-state index in [-0.39, 0.29) is 30.6 Å². The molecule has 47 nitrogen and oxygen atoms in total. The van der Waals surface area contributed by atoms with Gasteiger partial charge in [-0.2, -0.15) is 0 Å². The number of benzene rings is 2. The van der Waals surface area contributed by atoms with Gasteiger partial charge in [-0.3, -0.25) is 96.1 Å². The van der Waals surface area contributed by atoms with Gasteiger partial charge < -0.3 is 123 Å². The number of fused-ring (bicyclic) bond motifs is 1. The van der Waals surface area contributed by atoms with E-state index in [4.69, 9.17) is 123 Å². The summed E-state index contributed by atoms with van der Waals surface area (Å²) in [4.78, 5) is 263. The molecule has 2 aromatic carbocycles. The highest BCUT2D eigenvalue weighted by atomic mass is 16.8. The number of nitrogens with zero attached hydrogens (tertiary/aromatic N) is 2. The number of hydrogen-bond acceptors (Lipinski definition) is 45. The van der Waals surface area contributed by atoms with Crippen molar-refractivity contribution in [3.05, 3.63) is 83.9 Å². The molecule has 0 saturated carbocycles. The first-order valence-electron chi connectivity index (χ1n) is 41.7. The Morgan fingerprint density at radius 3 is 1.29 bits per heavy atom. The van der Waals surface area contributed by atoms with Gasteiger partial charge >= 0.3 is 89.5 Å². The fraction of sp³-hybridized carbons (Fsp3) is 0.616. The standard InChI is InChI=1S/C86H108N2O45/c1-19-20-26-31-109-81-65(88-79(105)56-29-24-25-30-57(56)80(88)106)71(114-33-55-27-22-21-23-28-55)66(63(126-81)38-115-82-76(123-52(15)102)74(122-51(14)101)69(61(127-82)36-112-43(6)93)131-83-77(124-53(16)103)73(121-50(13)100)68(119-48(11)98)60(128-83)35-111-42(5)92)130-84-78(125-54(17)104)75(70(120-49(12)99)62(129-84)37-113-44(7)94)133-86(85(107)108-18)32-58(116-45(8)95)64(87(39(2)89)40(3)90)72(132-86)67(118-47(10)97)59(117-46(9)96)34-110-41(4)91/h19,21-25,27-30,58-78,81-84H,1,20,26,31-38H2,2-18H3/t58?,59-,60?,61?,62?,63?,64?,65?,66?,67-,68?,69?,70?,71?,72?,73?,74?,75?,76?,77?,78?,81?,82?,83?,84?,86?/m1/s1. The number of esters is 15. The van der Waals surface area contributed by atoms with Gasteiger partial charge in [0, 0.05) is 111 Å². The second-order valence-corrected chi connectivity index (χ2v) is 30.9. The summed E-state index contributed by atoms with van der Waals surface area (Å²) < 4.78 is 160. The Kier molecular flexibility index (Phi) is 38.9. The van der Waals surface area contributed by atoms with E-state index >= 15 is 14.4 Å². The largest absolute Gasteiger partial charge is 0.465 e. The van der Waals surface area contributed by atoms with Gasteiger partial charge in [-0.05, 0) is 30.5 Å². The van der Waals surface area contributed by atoms with Gasteiger partial charge in [0.15, 0.2) is 80.1 Å². The molecular formula is C86H108N2O45. The van der Waals surface area contributed by atoms with Crippen LogP contribution in [0.15, 0.2) is 67.3 Å². The predicted molar refractivity (Wildman–Crippen MR) is 430 cm³/mol. The van der Waals surface area contributed by atoms with E-state index in [0.717, 1.165) is 123 Å². The van der Waals surface area contributed by atoms with Crippen LogP contribution in [0.5, 0.6) is 0 Å². The van der Waals surface area contributed by atoms with Gasteiger partial charge in [-0.15, -0.1) is 6.58 Å². The van der Waals surface area contributed by atoms with E-state index in [1.165, 1.54) is 30.3 Å². The quantitative estimate of drug-likeness (QED) is 0.0298. The molecule has 26 atom stereocenters. The van der Waals surface area contributed by atoms with Crippen LogP contribution in [0.1, 0.15) is 156 Å². The van der Waals surface area contributed by atoms with Crippen molar-refractivity contribution in [1.82, 2.24) is 9.80 Å². The summed E-state index contributed by atoms with van der Waals surface area (Å²) in [5.41, 5.74) is 0.0256. The zero-order valence-electron chi connectivity index (χ0n) is 75.8. The van der Waals surface area contributed by atoms with Gasteiger partial charge in [0.1, 0.15) is 99.6 Å². The summed E-state index contributed by atoms with van der Waals surface area (Å²) in [5.74, 6) is -25.5. The molecule has 24 unspecified atom stereocenters. The minimum Gasteiger partial charge on any atom is -0.465 e. The number of hydrogen-bond donors (Lipinski definition) is 0.